The number of rotatable bonds is 5. The van der Waals surface area contributed by atoms with E-state index in [0.717, 1.165) is 36.9 Å². The molecule has 130 valence electrons. The molecule has 25 heavy (non-hydrogen) atoms. The van der Waals surface area contributed by atoms with Gasteiger partial charge in [0.05, 0.1) is 5.56 Å². The number of carbonyl (C=O) groups excluding carboxylic acids is 1. The third kappa shape index (κ3) is 4.44. The van der Waals surface area contributed by atoms with Crippen LogP contribution in [0.4, 0.5) is 0 Å². The first-order chi connectivity index (χ1) is 12.1. The van der Waals surface area contributed by atoms with E-state index in [1.165, 1.54) is 0 Å². The summed E-state index contributed by atoms with van der Waals surface area (Å²) in [5.41, 5.74) is 2.43. The molecule has 1 N–H and O–H groups in total. The summed E-state index contributed by atoms with van der Waals surface area (Å²) in [6.07, 6.45) is 6.63. The van der Waals surface area contributed by atoms with Crippen molar-refractivity contribution in [3.63, 3.8) is 0 Å². The van der Waals surface area contributed by atoms with Gasteiger partial charge in [0, 0.05) is 37.8 Å². The number of piperidine rings is 1. The van der Waals surface area contributed by atoms with Crippen LogP contribution >= 0.6 is 0 Å². The molecule has 1 aromatic carbocycles. The third-order valence-corrected chi connectivity index (χ3v) is 4.76. The highest BCUT2D eigenvalue weighted by Crippen LogP contribution is 2.28. The van der Waals surface area contributed by atoms with Crippen molar-refractivity contribution < 1.29 is 14.7 Å². The van der Waals surface area contributed by atoms with E-state index >= 15 is 0 Å². The number of aromatic carboxylic acids is 1. The minimum Gasteiger partial charge on any atom is -0.478 e. The second-order valence-corrected chi connectivity index (χ2v) is 6.46. The Bertz CT molecular complexity index is 746. The number of carboxylic acid groups (broad SMARTS) is 1. The van der Waals surface area contributed by atoms with Gasteiger partial charge in [-0.2, -0.15) is 0 Å². The second kappa shape index (κ2) is 7.92. The van der Waals surface area contributed by atoms with Crippen LogP contribution in [-0.4, -0.2) is 40.0 Å². The first kappa shape index (κ1) is 17.1. The fraction of sp³-hybridized carbons (Fsp3) is 0.350. The molecule has 0 saturated carbocycles. The molecule has 0 radical (unpaired) electrons. The fourth-order valence-electron chi connectivity index (χ4n) is 3.36. The lowest BCUT2D eigenvalue weighted by atomic mass is 9.89. The molecule has 1 amide bonds. The number of pyridine rings is 1. The molecule has 0 spiro atoms. The summed E-state index contributed by atoms with van der Waals surface area (Å²) in [5.74, 6) is -0.545. The standard InChI is InChI=1S/C20H22N2O3/c23-19(7-6-15-8-10-21-11-9-15)22-12-2-5-18(14-22)16-3-1-4-17(13-16)20(24)25/h1,3-4,8-11,13,18H,2,5-7,12,14H2,(H,24,25)/t18-/m0/s1. The van der Waals surface area contributed by atoms with Gasteiger partial charge < -0.3 is 10.0 Å². The maximum Gasteiger partial charge on any atom is 0.335 e. The van der Waals surface area contributed by atoms with E-state index in [4.69, 9.17) is 5.11 Å². The van der Waals surface area contributed by atoms with Crippen LogP contribution < -0.4 is 0 Å². The lowest BCUT2D eigenvalue weighted by Gasteiger charge is -2.33. The van der Waals surface area contributed by atoms with Crippen LogP contribution in [0.2, 0.25) is 0 Å². The van der Waals surface area contributed by atoms with E-state index in [0.29, 0.717) is 18.5 Å². The van der Waals surface area contributed by atoms with Crippen molar-refractivity contribution in [3.8, 4) is 0 Å². The molecule has 1 aliphatic heterocycles. The Labute approximate surface area is 147 Å². The average molecular weight is 338 g/mol. The molecule has 1 aromatic heterocycles. The molecule has 3 rings (SSSR count). The van der Waals surface area contributed by atoms with Crippen LogP contribution in [-0.2, 0) is 11.2 Å². The Morgan fingerprint density at radius 1 is 1.20 bits per heavy atom. The average Bonchev–Trinajstić information content (AvgIpc) is 2.67. The minimum absolute atomic E-state index is 0.163. The number of aromatic nitrogens is 1. The predicted molar refractivity (Wildman–Crippen MR) is 94.5 cm³/mol. The summed E-state index contributed by atoms with van der Waals surface area (Å²) in [6.45, 7) is 1.45. The van der Waals surface area contributed by atoms with Crippen molar-refractivity contribution in [1.29, 1.82) is 0 Å². The maximum absolute atomic E-state index is 12.5. The van der Waals surface area contributed by atoms with Gasteiger partial charge in [-0.25, -0.2) is 4.79 Å². The van der Waals surface area contributed by atoms with Crippen LogP contribution in [0.1, 0.15) is 46.7 Å². The number of nitrogens with zero attached hydrogens (tertiary/aromatic N) is 2. The number of carboxylic acids is 1. The molecule has 5 nitrogen and oxygen atoms in total. The van der Waals surface area contributed by atoms with Gasteiger partial charge in [-0.15, -0.1) is 0 Å². The Morgan fingerprint density at radius 3 is 2.76 bits per heavy atom. The summed E-state index contributed by atoms with van der Waals surface area (Å²) >= 11 is 0. The molecular weight excluding hydrogens is 316 g/mol. The van der Waals surface area contributed by atoms with Crippen molar-refractivity contribution in [2.24, 2.45) is 0 Å². The number of hydrogen-bond acceptors (Lipinski definition) is 3. The van der Waals surface area contributed by atoms with Crippen LogP contribution in [0.15, 0.2) is 48.8 Å². The third-order valence-electron chi connectivity index (χ3n) is 4.76. The number of likely N-dealkylation sites (tertiary alicyclic amines) is 1. The SMILES string of the molecule is O=C(O)c1cccc([C@H]2CCCN(C(=O)CCc3ccncc3)C2)c1. The van der Waals surface area contributed by atoms with Gasteiger partial charge in [-0.3, -0.25) is 9.78 Å². The van der Waals surface area contributed by atoms with Gasteiger partial charge in [-0.1, -0.05) is 12.1 Å². The van der Waals surface area contributed by atoms with E-state index < -0.39 is 5.97 Å². The zero-order valence-electron chi connectivity index (χ0n) is 14.1. The Kier molecular flexibility index (Phi) is 5.43. The lowest BCUT2D eigenvalue weighted by Crippen LogP contribution is -2.39. The molecule has 2 heterocycles. The number of aryl methyl sites for hydroxylation is 1. The summed E-state index contributed by atoms with van der Waals surface area (Å²) in [6, 6.07) is 10.9. The number of carbonyl (C=O) groups is 2. The van der Waals surface area contributed by atoms with Crippen LogP contribution in [0.25, 0.3) is 0 Å². The van der Waals surface area contributed by atoms with E-state index in [1.807, 2.05) is 23.1 Å². The zero-order valence-corrected chi connectivity index (χ0v) is 14.1. The number of benzene rings is 1. The van der Waals surface area contributed by atoms with E-state index in [9.17, 15) is 9.59 Å². The number of hydrogen-bond donors (Lipinski definition) is 1. The van der Waals surface area contributed by atoms with Crippen molar-refractivity contribution in [1.82, 2.24) is 9.88 Å². The smallest absolute Gasteiger partial charge is 0.335 e. The Morgan fingerprint density at radius 2 is 2.00 bits per heavy atom. The van der Waals surface area contributed by atoms with Gasteiger partial charge in [0.25, 0.3) is 0 Å². The normalized spacial score (nSPS) is 17.3. The van der Waals surface area contributed by atoms with Crippen LogP contribution in [0.5, 0.6) is 0 Å². The van der Waals surface area contributed by atoms with E-state index in [-0.39, 0.29) is 11.8 Å². The monoisotopic (exact) mass is 338 g/mol. The van der Waals surface area contributed by atoms with Crippen LogP contribution in [0, 0.1) is 0 Å². The van der Waals surface area contributed by atoms with Gasteiger partial charge in [0.15, 0.2) is 0 Å². The highest BCUT2D eigenvalue weighted by Gasteiger charge is 2.25. The first-order valence-electron chi connectivity index (χ1n) is 8.63. The van der Waals surface area contributed by atoms with Gasteiger partial charge in [0.2, 0.25) is 5.91 Å². The summed E-state index contributed by atoms with van der Waals surface area (Å²) < 4.78 is 0. The largest absolute Gasteiger partial charge is 0.478 e. The highest BCUT2D eigenvalue weighted by atomic mass is 16.4. The van der Waals surface area contributed by atoms with Crippen molar-refractivity contribution in [2.45, 2.75) is 31.6 Å². The molecule has 1 saturated heterocycles. The highest BCUT2D eigenvalue weighted by molar-refractivity contribution is 5.87. The molecule has 5 heteroatoms. The van der Waals surface area contributed by atoms with Gasteiger partial charge in [0.1, 0.15) is 0 Å². The lowest BCUT2D eigenvalue weighted by molar-refractivity contribution is -0.132. The molecule has 0 aliphatic carbocycles. The molecule has 1 fully saturated rings. The van der Waals surface area contributed by atoms with Crippen molar-refractivity contribution >= 4 is 11.9 Å². The van der Waals surface area contributed by atoms with E-state index in [2.05, 4.69) is 4.98 Å². The molecule has 0 bridgehead atoms. The minimum atomic E-state index is -0.914. The molecule has 2 aromatic rings. The van der Waals surface area contributed by atoms with Crippen LogP contribution in [0.3, 0.4) is 0 Å². The topological polar surface area (TPSA) is 70.5 Å². The first-order valence-corrected chi connectivity index (χ1v) is 8.63. The van der Waals surface area contributed by atoms with Crippen molar-refractivity contribution in [2.75, 3.05) is 13.1 Å². The molecule has 0 unspecified atom stereocenters. The Hall–Kier alpha value is -2.69. The summed E-state index contributed by atoms with van der Waals surface area (Å²) in [4.78, 5) is 29.6. The van der Waals surface area contributed by atoms with Gasteiger partial charge in [-0.05, 0) is 54.7 Å². The summed E-state index contributed by atoms with van der Waals surface area (Å²) in [7, 11) is 0. The second-order valence-electron chi connectivity index (χ2n) is 6.46. The maximum atomic E-state index is 12.5. The zero-order chi connectivity index (χ0) is 17.6. The van der Waals surface area contributed by atoms with E-state index in [1.54, 1.807) is 30.6 Å². The quantitative estimate of drug-likeness (QED) is 0.909. The Balaban J connectivity index is 1.61. The molecular formula is C20H22N2O3. The number of amides is 1. The molecule has 1 aliphatic rings. The van der Waals surface area contributed by atoms with Crippen molar-refractivity contribution in [3.05, 3.63) is 65.5 Å². The van der Waals surface area contributed by atoms with Gasteiger partial charge >= 0.3 is 5.97 Å². The summed E-state index contributed by atoms with van der Waals surface area (Å²) in [5, 5.41) is 9.16. The molecule has 1 atom stereocenters. The predicted octanol–water partition coefficient (Wildman–Crippen LogP) is 3.12. The fourth-order valence-corrected chi connectivity index (χ4v) is 3.36.